The summed E-state index contributed by atoms with van der Waals surface area (Å²) in [6.07, 6.45) is 3.56. The summed E-state index contributed by atoms with van der Waals surface area (Å²) in [5.41, 5.74) is 1.90. The van der Waals surface area contributed by atoms with Gasteiger partial charge in [-0.15, -0.1) is 0 Å². The Hall–Kier alpha value is -1.00. The number of carbonyl (C=O) groups is 1. The second-order valence-corrected chi connectivity index (χ2v) is 5.10. The van der Waals surface area contributed by atoms with Gasteiger partial charge < -0.3 is 10.4 Å². The van der Waals surface area contributed by atoms with E-state index in [-0.39, 0.29) is 18.6 Å². The van der Waals surface area contributed by atoms with E-state index in [0.29, 0.717) is 12.0 Å². The smallest absolute Gasteiger partial charge is 0.251 e. The third-order valence-electron chi connectivity index (χ3n) is 2.81. The minimum atomic E-state index is -0.0647. The summed E-state index contributed by atoms with van der Waals surface area (Å²) < 4.78 is 0. The predicted molar refractivity (Wildman–Crippen MR) is 77.2 cm³/mol. The highest BCUT2D eigenvalue weighted by Crippen LogP contribution is 2.07. The van der Waals surface area contributed by atoms with Crippen molar-refractivity contribution in [1.29, 1.82) is 0 Å². The van der Waals surface area contributed by atoms with Crippen LogP contribution in [0.3, 0.4) is 0 Å². The second-order valence-electron chi connectivity index (χ2n) is 4.19. The van der Waals surface area contributed by atoms with Crippen molar-refractivity contribution in [1.82, 2.24) is 5.32 Å². The minimum Gasteiger partial charge on any atom is -0.396 e. The Balaban J connectivity index is 2.61. The van der Waals surface area contributed by atoms with E-state index in [2.05, 4.69) is 12.2 Å². The molecular weight excluding hydrogens is 246 g/mol. The van der Waals surface area contributed by atoms with Crippen LogP contribution < -0.4 is 5.32 Å². The molecule has 0 heterocycles. The van der Waals surface area contributed by atoms with Gasteiger partial charge in [-0.1, -0.05) is 19.1 Å². The van der Waals surface area contributed by atoms with E-state index >= 15 is 0 Å². The van der Waals surface area contributed by atoms with Gasteiger partial charge in [0.2, 0.25) is 0 Å². The predicted octanol–water partition coefficient (Wildman–Crippen LogP) is 2.09. The molecule has 18 heavy (non-hydrogen) atoms. The van der Waals surface area contributed by atoms with Crippen molar-refractivity contribution >= 4 is 17.7 Å². The molecule has 0 aliphatic rings. The molecule has 0 aliphatic carbocycles. The molecule has 3 nitrogen and oxygen atoms in total. The molecule has 2 N–H and O–H groups in total. The van der Waals surface area contributed by atoms with Crippen LogP contribution >= 0.6 is 11.8 Å². The zero-order valence-electron chi connectivity index (χ0n) is 11.0. The molecule has 1 rings (SSSR count). The lowest BCUT2D eigenvalue weighted by molar-refractivity contribution is 0.0935. The normalized spacial score (nSPS) is 12.2. The van der Waals surface area contributed by atoms with Gasteiger partial charge in [0.05, 0.1) is 0 Å². The summed E-state index contributed by atoms with van der Waals surface area (Å²) in [6, 6.07) is 7.69. The molecule has 100 valence electrons. The largest absolute Gasteiger partial charge is 0.396 e. The van der Waals surface area contributed by atoms with Crippen LogP contribution in [0.2, 0.25) is 0 Å². The molecule has 0 bridgehead atoms. The van der Waals surface area contributed by atoms with Crippen molar-refractivity contribution in [3.05, 3.63) is 35.4 Å². The molecule has 1 aromatic carbocycles. The highest BCUT2D eigenvalue weighted by atomic mass is 32.2. The molecule has 0 fully saturated rings. The molecule has 0 saturated carbocycles. The van der Waals surface area contributed by atoms with Gasteiger partial charge in [0.25, 0.3) is 5.91 Å². The van der Waals surface area contributed by atoms with Crippen molar-refractivity contribution in [2.45, 2.75) is 25.8 Å². The van der Waals surface area contributed by atoms with Crippen molar-refractivity contribution in [3.63, 3.8) is 0 Å². The van der Waals surface area contributed by atoms with Gasteiger partial charge in [-0.05, 0) is 36.8 Å². The van der Waals surface area contributed by atoms with Crippen molar-refractivity contribution in [2.75, 3.05) is 18.6 Å². The summed E-state index contributed by atoms with van der Waals surface area (Å²) in [6.45, 7) is 2.19. The first-order valence-corrected chi connectivity index (χ1v) is 7.60. The third-order valence-corrected chi connectivity index (χ3v) is 3.54. The molecule has 1 unspecified atom stereocenters. The lowest BCUT2D eigenvalue weighted by Crippen LogP contribution is -2.37. The zero-order valence-corrected chi connectivity index (χ0v) is 11.8. The lowest BCUT2D eigenvalue weighted by atomic mass is 10.1. The summed E-state index contributed by atoms with van der Waals surface area (Å²) in [5.74, 6) is 0.754. The zero-order chi connectivity index (χ0) is 13.4. The van der Waals surface area contributed by atoms with E-state index < -0.39 is 0 Å². The summed E-state index contributed by atoms with van der Waals surface area (Å²) in [5, 5.41) is 11.9. The van der Waals surface area contributed by atoms with Crippen LogP contribution in [0.5, 0.6) is 0 Å². The molecular formula is C14H21NO2S. The van der Waals surface area contributed by atoms with Gasteiger partial charge in [-0.25, -0.2) is 0 Å². The topological polar surface area (TPSA) is 49.3 Å². The van der Waals surface area contributed by atoms with Gasteiger partial charge in [0.1, 0.15) is 0 Å². The van der Waals surface area contributed by atoms with Gasteiger partial charge in [0, 0.05) is 24.0 Å². The van der Waals surface area contributed by atoms with E-state index in [1.54, 1.807) is 11.8 Å². The van der Waals surface area contributed by atoms with E-state index in [9.17, 15) is 4.79 Å². The highest BCUT2D eigenvalue weighted by Gasteiger charge is 2.12. The fourth-order valence-corrected chi connectivity index (χ4v) is 2.37. The third kappa shape index (κ3) is 4.70. The number of nitrogens with one attached hydrogen (secondary N) is 1. The van der Waals surface area contributed by atoms with Crippen LogP contribution in [0.25, 0.3) is 0 Å². The highest BCUT2D eigenvalue weighted by molar-refractivity contribution is 7.98. The number of aryl methyl sites for hydroxylation is 1. The number of benzene rings is 1. The molecule has 0 aliphatic heterocycles. The summed E-state index contributed by atoms with van der Waals surface area (Å²) >= 11 is 1.67. The molecule has 0 saturated heterocycles. The molecule has 0 radical (unpaired) electrons. The summed E-state index contributed by atoms with van der Waals surface area (Å²) in [4.78, 5) is 12.0. The SMILES string of the molecule is CCc1ccc(C(=O)NC(CCO)CSC)cc1. The van der Waals surface area contributed by atoms with Gasteiger partial charge in [-0.2, -0.15) is 11.8 Å². The molecule has 1 atom stereocenters. The van der Waals surface area contributed by atoms with Crippen molar-refractivity contribution < 1.29 is 9.90 Å². The fraction of sp³-hybridized carbons (Fsp3) is 0.500. The van der Waals surface area contributed by atoms with Crippen LogP contribution in [0, 0.1) is 0 Å². The maximum absolute atomic E-state index is 12.0. The number of aliphatic hydroxyl groups excluding tert-OH is 1. The lowest BCUT2D eigenvalue weighted by Gasteiger charge is -2.16. The Bertz CT molecular complexity index is 359. The molecule has 0 aromatic heterocycles. The monoisotopic (exact) mass is 267 g/mol. The maximum atomic E-state index is 12.0. The second kappa shape index (κ2) is 8.16. The van der Waals surface area contributed by atoms with E-state index in [1.807, 2.05) is 30.5 Å². The Morgan fingerprint density at radius 2 is 2.06 bits per heavy atom. The Morgan fingerprint density at radius 3 is 2.56 bits per heavy atom. The average molecular weight is 267 g/mol. The van der Waals surface area contributed by atoms with Crippen LogP contribution in [0.1, 0.15) is 29.3 Å². The molecule has 1 amide bonds. The number of hydrogen-bond acceptors (Lipinski definition) is 3. The molecule has 0 spiro atoms. The average Bonchev–Trinajstić information content (AvgIpc) is 2.39. The van der Waals surface area contributed by atoms with Crippen molar-refractivity contribution in [2.24, 2.45) is 0 Å². The summed E-state index contributed by atoms with van der Waals surface area (Å²) in [7, 11) is 0. The van der Waals surface area contributed by atoms with Crippen LogP contribution in [-0.4, -0.2) is 35.7 Å². The number of thioether (sulfide) groups is 1. The minimum absolute atomic E-state index is 0.0309. The quantitative estimate of drug-likeness (QED) is 0.795. The molecule has 1 aromatic rings. The number of hydrogen-bond donors (Lipinski definition) is 2. The number of carbonyl (C=O) groups excluding carboxylic acids is 1. The Morgan fingerprint density at radius 1 is 1.39 bits per heavy atom. The number of aliphatic hydroxyl groups is 1. The van der Waals surface area contributed by atoms with Gasteiger partial charge in [0.15, 0.2) is 0 Å². The van der Waals surface area contributed by atoms with E-state index in [4.69, 9.17) is 5.11 Å². The Kier molecular flexibility index (Phi) is 6.83. The first-order chi connectivity index (χ1) is 8.71. The van der Waals surface area contributed by atoms with Crippen molar-refractivity contribution in [3.8, 4) is 0 Å². The van der Waals surface area contributed by atoms with E-state index in [0.717, 1.165) is 12.2 Å². The van der Waals surface area contributed by atoms with Crippen LogP contribution in [0.4, 0.5) is 0 Å². The van der Waals surface area contributed by atoms with Crippen LogP contribution in [-0.2, 0) is 6.42 Å². The van der Waals surface area contributed by atoms with Gasteiger partial charge >= 0.3 is 0 Å². The van der Waals surface area contributed by atoms with Gasteiger partial charge in [-0.3, -0.25) is 4.79 Å². The standard InChI is InChI=1S/C14H21NO2S/c1-3-11-4-6-12(7-5-11)14(17)15-13(8-9-16)10-18-2/h4-7,13,16H,3,8-10H2,1-2H3,(H,15,17). The molecule has 4 heteroatoms. The maximum Gasteiger partial charge on any atom is 0.251 e. The number of amides is 1. The Labute approximate surface area is 113 Å². The van der Waals surface area contributed by atoms with Crippen LogP contribution in [0.15, 0.2) is 24.3 Å². The number of rotatable bonds is 7. The first-order valence-electron chi connectivity index (χ1n) is 6.20. The fourth-order valence-electron chi connectivity index (χ4n) is 1.71. The van der Waals surface area contributed by atoms with E-state index in [1.165, 1.54) is 5.56 Å². The first kappa shape index (κ1) is 15.1.